The van der Waals surface area contributed by atoms with E-state index < -0.39 is 0 Å². The molecule has 7 heteroatoms. The van der Waals surface area contributed by atoms with Crippen molar-refractivity contribution in [2.45, 2.75) is 52.5 Å². The Morgan fingerprint density at radius 3 is 2.52 bits per heavy atom. The summed E-state index contributed by atoms with van der Waals surface area (Å²) in [6, 6.07) is 0. The Morgan fingerprint density at radius 1 is 1.26 bits per heavy atom. The van der Waals surface area contributed by atoms with Crippen LogP contribution in [0.25, 0.3) is 0 Å². The van der Waals surface area contributed by atoms with Crippen LogP contribution in [-0.2, 0) is 9.53 Å². The number of amides is 1. The minimum atomic E-state index is -0.225. The number of hydrogen-bond acceptors (Lipinski definition) is 3. The van der Waals surface area contributed by atoms with Gasteiger partial charge < -0.3 is 20.7 Å². The number of ether oxygens (including phenoxy) is 1. The monoisotopic (exact) mass is 440 g/mol. The molecule has 1 aliphatic carbocycles. The second-order valence-corrected chi connectivity index (χ2v) is 6.79. The Balaban J connectivity index is 0.00000484. The van der Waals surface area contributed by atoms with Gasteiger partial charge in [0.25, 0.3) is 0 Å². The molecule has 0 aromatic rings. The van der Waals surface area contributed by atoms with Crippen molar-refractivity contribution < 1.29 is 9.53 Å². The van der Waals surface area contributed by atoms with E-state index in [0.717, 1.165) is 38.6 Å². The lowest BCUT2D eigenvalue weighted by atomic mass is 10.1. The molecule has 1 aliphatic rings. The van der Waals surface area contributed by atoms with Gasteiger partial charge in [0.15, 0.2) is 5.96 Å². The van der Waals surface area contributed by atoms with Crippen molar-refractivity contribution in [3.63, 3.8) is 0 Å². The fraction of sp³-hybridized carbons (Fsp3) is 0.875. The molecule has 0 unspecified atom stereocenters. The quantitative estimate of drug-likeness (QED) is 0.222. The molecule has 0 heterocycles. The maximum absolute atomic E-state index is 11.8. The summed E-state index contributed by atoms with van der Waals surface area (Å²) >= 11 is 0. The number of rotatable bonds is 9. The Bertz CT molecular complexity index is 366. The first-order valence-electron chi connectivity index (χ1n) is 8.31. The zero-order valence-electron chi connectivity index (χ0n) is 14.9. The normalized spacial score (nSPS) is 14.9. The first-order valence-corrected chi connectivity index (χ1v) is 8.31. The van der Waals surface area contributed by atoms with Gasteiger partial charge in [-0.3, -0.25) is 4.79 Å². The molecule has 1 rings (SSSR count). The Kier molecular flexibility index (Phi) is 11.6. The van der Waals surface area contributed by atoms with Crippen molar-refractivity contribution in [3.8, 4) is 0 Å². The SMILES string of the molecule is CCNC(=NCC(=O)NC(C)(C)C)NCCCOCC1CC1.I. The highest BCUT2D eigenvalue weighted by Crippen LogP contribution is 2.28. The van der Waals surface area contributed by atoms with Crippen LogP contribution in [0.2, 0.25) is 0 Å². The third-order valence-corrected chi connectivity index (χ3v) is 3.05. The molecule has 6 nitrogen and oxygen atoms in total. The van der Waals surface area contributed by atoms with Crippen molar-refractivity contribution in [2.24, 2.45) is 10.9 Å². The highest BCUT2D eigenvalue weighted by atomic mass is 127. The number of aliphatic imine (C=N–C) groups is 1. The van der Waals surface area contributed by atoms with E-state index in [1.54, 1.807) is 0 Å². The summed E-state index contributed by atoms with van der Waals surface area (Å²) in [6.07, 6.45) is 3.59. The predicted molar refractivity (Wildman–Crippen MR) is 105 cm³/mol. The molecule has 0 spiro atoms. The number of nitrogens with zero attached hydrogens (tertiary/aromatic N) is 1. The van der Waals surface area contributed by atoms with Gasteiger partial charge in [-0.15, -0.1) is 24.0 Å². The Hall–Kier alpha value is -0.570. The summed E-state index contributed by atoms with van der Waals surface area (Å²) in [7, 11) is 0. The van der Waals surface area contributed by atoms with Gasteiger partial charge in [0, 0.05) is 31.8 Å². The van der Waals surface area contributed by atoms with Crippen LogP contribution in [0.5, 0.6) is 0 Å². The molecule has 23 heavy (non-hydrogen) atoms. The van der Waals surface area contributed by atoms with Crippen molar-refractivity contribution in [1.82, 2.24) is 16.0 Å². The minimum absolute atomic E-state index is 0. The predicted octanol–water partition coefficient (Wildman–Crippen LogP) is 1.89. The number of guanidine groups is 1. The number of hydrogen-bond donors (Lipinski definition) is 3. The van der Waals surface area contributed by atoms with E-state index in [1.807, 2.05) is 27.7 Å². The van der Waals surface area contributed by atoms with Crippen molar-refractivity contribution in [1.29, 1.82) is 0 Å². The molecular formula is C16H33IN4O2. The third-order valence-electron chi connectivity index (χ3n) is 3.05. The van der Waals surface area contributed by atoms with Gasteiger partial charge in [-0.1, -0.05) is 0 Å². The zero-order valence-corrected chi connectivity index (χ0v) is 17.2. The molecule has 0 aliphatic heterocycles. The zero-order chi connectivity index (χ0) is 16.4. The average Bonchev–Trinajstić information content (AvgIpc) is 3.22. The largest absolute Gasteiger partial charge is 0.381 e. The maximum atomic E-state index is 11.8. The third kappa shape index (κ3) is 13.6. The molecular weight excluding hydrogens is 407 g/mol. The minimum Gasteiger partial charge on any atom is -0.381 e. The highest BCUT2D eigenvalue weighted by molar-refractivity contribution is 14.0. The molecule has 1 amide bonds. The van der Waals surface area contributed by atoms with Crippen LogP contribution in [0.1, 0.15) is 47.0 Å². The van der Waals surface area contributed by atoms with E-state index in [4.69, 9.17) is 4.74 Å². The lowest BCUT2D eigenvalue weighted by molar-refractivity contribution is -0.121. The molecule has 0 saturated heterocycles. The van der Waals surface area contributed by atoms with Gasteiger partial charge in [-0.25, -0.2) is 4.99 Å². The molecule has 1 fully saturated rings. The van der Waals surface area contributed by atoms with E-state index in [2.05, 4.69) is 20.9 Å². The molecule has 136 valence electrons. The first kappa shape index (κ1) is 22.4. The lowest BCUT2D eigenvalue weighted by Gasteiger charge is -2.20. The summed E-state index contributed by atoms with van der Waals surface area (Å²) in [5.74, 6) is 1.42. The highest BCUT2D eigenvalue weighted by Gasteiger charge is 2.20. The van der Waals surface area contributed by atoms with Crippen LogP contribution in [-0.4, -0.2) is 50.3 Å². The van der Waals surface area contributed by atoms with Gasteiger partial charge in [0.2, 0.25) is 5.91 Å². The average molecular weight is 440 g/mol. The number of halogens is 1. The first-order chi connectivity index (χ1) is 10.4. The van der Waals surface area contributed by atoms with E-state index in [1.165, 1.54) is 12.8 Å². The molecule has 0 bridgehead atoms. The fourth-order valence-electron chi connectivity index (χ4n) is 1.87. The smallest absolute Gasteiger partial charge is 0.242 e. The Labute approximate surface area is 157 Å². The fourth-order valence-corrected chi connectivity index (χ4v) is 1.87. The van der Waals surface area contributed by atoms with E-state index in [0.29, 0.717) is 5.96 Å². The van der Waals surface area contributed by atoms with Crippen LogP contribution in [0.3, 0.4) is 0 Å². The molecule has 0 aromatic heterocycles. The van der Waals surface area contributed by atoms with Crippen LogP contribution in [0.4, 0.5) is 0 Å². The lowest BCUT2D eigenvalue weighted by Crippen LogP contribution is -2.43. The van der Waals surface area contributed by atoms with Gasteiger partial charge in [-0.05, 0) is 52.9 Å². The number of carbonyl (C=O) groups excluding carboxylic acids is 1. The number of nitrogens with one attached hydrogen (secondary N) is 3. The van der Waals surface area contributed by atoms with Crippen molar-refractivity contribution in [3.05, 3.63) is 0 Å². The molecule has 3 N–H and O–H groups in total. The summed E-state index contributed by atoms with van der Waals surface area (Å²) in [5.41, 5.74) is -0.225. The van der Waals surface area contributed by atoms with Gasteiger partial charge >= 0.3 is 0 Å². The molecule has 0 radical (unpaired) electrons. The Morgan fingerprint density at radius 2 is 1.96 bits per heavy atom. The summed E-state index contributed by atoms with van der Waals surface area (Å²) in [6.45, 7) is 11.2. The van der Waals surface area contributed by atoms with E-state index in [9.17, 15) is 4.79 Å². The topological polar surface area (TPSA) is 74.8 Å². The van der Waals surface area contributed by atoms with E-state index >= 15 is 0 Å². The summed E-state index contributed by atoms with van der Waals surface area (Å²) in [5, 5.41) is 9.26. The van der Waals surface area contributed by atoms with Crippen LogP contribution < -0.4 is 16.0 Å². The molecule has 1 saturated carbocycles. The van der Waals surface area contributed by atoms with Gasteiger partial charge in [-0.2, -0.15) is 0 Å². The van der Waals surface area contributed by atoms with Gasteiger partial charge in [0.05, 0.1) is 0 Å². The maximum Gasteiger partial charge on any atom is 0.242 e. The number of carbonyl (C=O) groups is 1. The second kappa shape index (κ2) is 11.9. The van der Waals surface area contributed by atoms with Crippen molar-refractivity contribution in [2.75, 3.05) is 32.8 Å². The van der Waals surface area contributed by atoms with Crippen LogP contribution >= 0.6 is 24.0 Å². The molecule has 0 atom stereocenters. The van der Waals surface area contributed by atoms with E-state index in [-0.39, 0.29) is 42.0 Å². The van der Waals surface area contributed by atoms with Gasteiger partial charge in [0.1, 0.15) is 6.54 Å². The van der Waals surface area contributed by atoms with Crippen LogP contribution in [0.15, 0.2) is 4.99 Å². The summed E-state index contributed by atoms with van der Waals surface area (Å²) in [4.78, 5) is 16.1. The van der Waals surface area contributed by atoms with Crippen LogP contribution in [0, 0.1) is 5.92 Å². The standard InChI is InChI=1S/C16H32N4O2.HI/c1-5-17-15(19-11-14(21)20-16(2,3)4)18-9-6-10-22-12-13-7-8-13;/h13H,5-12H2,1-4H3,(H,20,21)(H2,17,18,19);1H. The van der Waals surface area contributed by atoms with Crippen molar-refractivity contribution >= 4 is 35.8 Å². The summed E-state index contributed by atoms with van der Waals surface area (Å²) < 4.78 is 5.59. The molecule has 0 aromatic carbocycles. The second-order valence-electron chi connectivity index (χ2n) is 6.79.